The van der Waals surface area contributed by atoms with Crippen LogP contribution in [0.3, 0.4) is 0 Å². The van der Waals surface area contributed by atoms with E-state index in [0.29, 0.717) is 0 Å². The average Bonchev–Trinajstić information content (AvgIpc) is 2.25. The molecule has 1 N–H and O–H groups in total. The fraction of sp³-hybridized carbons (Fsp3) is 0.462. The third-order valence-corrected chi connectivity index (χ3v) is 3.29. The van der Waals surface area contributed by atoms with Crippen LogP contribution in [0.4, 0.5) is 0 Å². The van der Waals surface area contributed by atoms with Gasteiger partial charge in [0.25, 0.3) is 5.91 Å². The van der Waals surface area contributed by atoms with Gasteiger partial charge in [0.15, 0.2) is 0 Å². The molecule has 0 unspecified atom stereocenters. The Hall–Kier alpha value is -0.960. The normalized spacial score (nSPS) is 10.5. The van der Waals surface area contributed by atoms with Gasteiger partial charge in [-0.05, 0) is 38.2 Å². The van der Waals surface area contributed by atoms with Crippen molar-refractivity contribution in [3.05, 3.63) is 29.8 Å². The van der Waals surface area contributed by atoms with Crippen LogP contribution in [-0.4, -0.2) is 17.7 Å². The summed E-state index contributed by atoms with van der Waals surface area (Å²) < 4.78 is 0. The Morgan fingerprint density at radius 2 is 2.06 bits per heavy atom. The zero-order valence-corrected chi connectivity index (χ0v) is 10.9. The highest BCUT2D eigenvalue weighted by Crippen LogP contribution is 2.23. The van der Waals surface area contributed by atoms with Crippen LogP contribution in [0.5, 0.6) is 0 Å². The minimum absolute atomic E-state index is 0.0224. The molecule has 3 heteroatoms. The molecule has 1 aromatic carbocycles. The highest BCUT2D eigenvalue weighted by Gasteiger charge is 2.11. The van der Waals surface area contributed by atoms with E-state index in [1.807, 2.05) is 38.1 Å². The lowest BCUT2D eigenvalue weighted by Gasteiger charge is -2.11. The zero-order chi connectivity index (χ0) is 12.0. The number of rotatable bonds is 5. The second-order valence-corrected chi connectivity index (χ2v) is 5.11. The summed E-state index contributed by atoms with van der Waals surface area (Å²) in [7, 11) is 0. The van der Waals surface area contributed by atoms with Crippen molar-refractivity contribution in [2.45, 2.75) is 38.1 Å². The first-order valence-corrected chi connectivity index (χ1v) is 6.66. The molecule has 1 rings (SSSR count). The molecule has 0 saturated carbocycles. The fourth-order valence-electron chi connectivity index (χ4n) is 1.33. The first-order valence-electron chi connectivity index (χ1n) is 5.67. The van der Waals surface area contributed by atoms with E-state index in [1.165, 1.54) is 0 Å². The van der Waals surface area contributed by atoms with Gasteiger partial charge in [0.2, 0.25) is 0 Å². The Balaban J connectivity index is 2.81. The van der Waals surface area contributed by atoms with E-state index in [-0.39, 0.29) is 11.9 Å². The molecule has 2 nitrogen and oxygen atoms in total. The number of carbonyl (C=O) groups is 1. The Labute approximate surface area is 102 Å². The van der Waals surface area contributed by atoms with Gasteiger partial charge in [0.05, 0.1) is 5.56 Å². The van der Waals surface area contributed by atoms with E-state index in [1.54, 1.807) is 11.8 Å². The first kappa shape index (κ1) is 13.1. The maximum atomic E-state index is 11.9. The van der Waals surface area contributed by atoms with E-state index in [2.05, 4.69) is 12.2 Å². The minimum Gasteiger partial charge on any atom is -0.350 e. The van der Waals surface area contributed by atoms with Crippen molar-refractivity contribution in [2.75, 3.05) is 5.75 Å². The molecule has 0 saturated heterocycles. The molecule has 1 aromatic rings. The monoisotopic (exact) mass is 237 g/mol. The van der Waals surface area contributed by atoms with Gasteiger partial charge in [-0.1, -0.05) is 19.1 Å². The third-order valence-electron chi connectivity index (χ3n) is 2.01. The predicted octanol–water partition coefficient (Wildman–Crippen LogP) is 3.33. The Kier molecular flexibility index (Phi) is 5.39. The van der Waals surface area contributed by atoms with Gasteiger partial charge in [-0.25, -0.2) is 0 Å². The van der Waals surface area contributed by atoms with Gasteiger partial charge in [-0.2, -0.15) is 0 Å². The summed E-state index contributed by atoms with van der Waals surface area (Å²) in [5.41, 5.74) is 0.787. The van der Waals surface area contributed by atoms with Gasteiger partial charge < -0.3 is 5.32 Å². The number of nitrogens with one attached hydrogen (secondary N) is 1. The molecule has 0 fully saturated rings. The highest BCUT2D eigenvalue weighted by molar-refractivity contribution is 7.99. The van der Waals surface area contributed by atoms with Crippen LogP contribution < -0.4 is 5.32 Å². The Morgan fingerprint density at radius 1 is 1.38 bits per heavy atom. The number of hydrogen-bond acceptors (Lipinski definition) is 2. The molecule has 16 heavy (non-hydrogen) atoms. The van der Waals surface area contributed by atoms with Gasteiger partial charge in [-0.15, -0.1) is 11.8 Å². The summed E-state index contributed by atoms with van der Waals surface area (Å²) in [6.45, 7) is 6.09. The summed E-state index contributed by atoms with van der Waals surface area (Å²) in [6, 6.07) is 7.96. The maximum absolute atomic E-state index is 11.9. The van der Waals surface area contributed by atoms with Crippen molar-refractivity contribution in [3.63, 3.8) is 0 Å². The first-order chi connectivity index (χ1) is 7.65. The topological polar surface area (TPSA) is 29.1 Å². The molecule has 88 valence electrons. The molecular weight excluding hydrogens is 218 g/mol. The number of amides is 1. The van der Waals surface area contributed by atoms with Gasteiger partial charge >= 0.3 is 0 Å². The zero-order valence-electron chi connectivity index (χ0n) is 10.1. The molecule has 0 aliphatic carbocycles. The largest absolute Gasteiger partial charge is 0.350 e. The van der Waals surface area contributed by atoms with E-state index >= 15 is 0 Å². The van der Waals surface area contributed by atoms with E-state index in [0.717, 1.165) is 22.6 Å². The van der Waals surface area contributed by atoms with Gasteiger partial charge in [-0.3, -0.25) is 4.79 Å². The van der Waals surface area contributed by atoms with Crippen LogP contribution >= 0.6 is 11.8 Å². The van der Waals surface area contributed by atoms with Gasteiger partial charge in [0, 0.05) is 10.9 Å². The minimum atomic E-state index is 0.0224. The van der Waals surface area contributed by atoms with Crippen LogP contribution in [0.2, 0.25) is 0 Å². The van der Waals surface area contributed by atoms with E-state index < -0.39 is 0 Å². The molecule has 0 aliphatic rings. The summed E-state index contributed by atoms with van der Waals surface area (Å²) in [5, 5.41) is 2.92. The van der Waals surface area contributed by atoms with Crippen LogP contribution in [0.15, 0.2) is 29.2 Å². The number of thioether (sulfide) groups is 1. The molecule has 0 atom stereocenters. The molecule has 0 aromatic heterocycles. The van der Waals surface area contributed by atoms with Crippen LogP contribution in [0.1, 0.15) is 37.6 Å². The summed E-state index contributed by atoms with van der Waals surface area (Å²) in [4.78, 5) is 13.0. The smallest absolute Gasteiger partial charge is 0.252 e. The lowest BCUT2D eigenvalue weighted by molar-refractivity contribution is 0.0940. The van der Waals surface area contributed by atoms with E-state index in [4.69, 9.17) is 0 Å². The number of benzene rings is 1. The van der Waals surface area contributed by atoms with Crippen LogP contribution in [-0.2, 0) is 0 Å². The Morgan fingerprint density at radius 3 is 2.69 bits per heavy atom. The van der Waals surface area contributed by atoms with Crippen LogP contribution in [0.25, 0.3) is 0 Å². The summed E-state index contributed by atoms with van der Waals surface area (Å²) in [5.74, 6) is 1.07. The number of hydrogen-bond donors (Lipinski definition) is 1. The number of carbonyl (C=O) groups excluding carboxylic acids is 1. The van der Waals surface area contributed by atoms with Crippen molar-refractivity contribution in [1.82, 2.24) is 5.32 Å². The quantitative estimate of drug-likeness (QED) is 0.796. The molecule has 0 heterocycles. The van der Waals surface area contributed by atoms with Crippen molar-refractivity contribution >= 4 is 17.7 Å². The third kappa shape index (κ3) is 3.89. The van der Waals surface area contributed by atoms with Crippen LogP contribution in [0, 0.1) is 0 Å². The molecule has 0 aliphatic heterocycles. The second-order valence-electron chi connectivity index (χ2n) is 3.97. The highest BCUT2D eigenvalue weighted by atomic mass is 32.2. The van der Waals surface area contributed by atoms with Gasteiger partial charge in [0.1, 0.15) is 0 Å². The summed E-state index contributed by atoms with van der Waals surface area (Å²) >= 11 is 1.74. The summed E-state index contributed by atoms with van der Waals surface area (Å²) in [6.07, 6.45) is 1.12. The molecular formula is C13H19NOS. The van der Waals surface area contributed by atoms with Crippen molar-refractivity contribution in [2.24, 2.45) is 0 Å². The van der Waals surface area contributed by atoms with Crippen molar-refractivity contribution in [3.8, 4) is 0 Å². The standard InChI is InChI=1S/C13H19NOS/c1-4-9-16-12-8-6-5-7-11(12)13(15)14-10(2)3/h5-8,10H,4,9H2,1-3H3,(H,14,15). The molecule has 0 radical (unpaired) electrons. The maximum Gasteiger partial charge on any atom is 0.252 e. The predicted molar refractivity (Wildman–Crippen MR) is 70.1 cm³/mol. The van der Waals surface area contributed by atoms with Crippen molar-refractivity contribution in [1.29, 1.82) is 0 Å². The molecule has 0 spiro atoms. The SMILES string of the molecule is CCCSc1ccccc1C(=O)NC(C)C. The average molecular weight is 237 g/mol. The lowest BCUT2D eigenvalue weighted by atomic mass is 10.2. The second kappa shape index (κ2) is 6.59. The molecule has 0 bridgehead atoms. The Bertz CT molecular complexity index is 350. The van der Waals surface area contributed by atoms with E-state index in [9.17, 15) is 4.79 Å². The fourth-order valence-corrected chi connectivity index (χ4v) is 2.25. The van der Waals surface area contributed by atoms with Crippen molar-refractivity contribution < 1.29 is 4.79 Å². The lowest BCUT2D eigenvalue weighted by Crippen LogP contribution is -2.30. The molecule has 1 amide bonds.